The van der Waals surface area contributed by atoms with Crippen LogP contribution in [0.15, 0.2) is 48.7 Å². The number of benzene rings is 2. The summed E-state index contributed by atoms with van der Waals surface area (Å²) >= 11 is 0. The minimum atomic E-state index is 0.241. The summed E-state index contributed by atoms with van der Waals surface area (Å²) in [6.07, 6.45) is 1.72. The third kappa shape index (κ3) is 1.60. The van der Waals surface area contributed by atoms with Crippen LogP contribution < -0.4 is 5.73 Å². The fourth-order valence-electron chi connectivity index (χ4n) is 2.41. The third-order valence-electron chi connectivity index (χ3n) is 3.35. The first kappa shape index (κ1) is 10.9. The summed E-state index contributed by atoms with van der Waals surface area (Å²) in [6.45, 7) is 0. The molecule has 0 aliphatic carbocycles. The molecule has 0 amide bonds. The summed E-state index contributed by atoms with van der Waals surface area (Å²) in [5.74, 6) is 0.241. The van der Waals surface area contributed by atoms with E-state index in [9.17, 15) is 0 Å². The lowest BCUT2D eigenvalue weighted by Crippen LogP contribution is -1.97. The first-order valence-corrected chi connectivity index (χ1v) is 6.27. The molecule has 2 heterocycles. The number of nitrogens with zero attached hydrogens (tertiary/aromatic N) is 3. The minimum Gasteiger partial charge on any atom is -0.368 e. The molecular weight excluding hydrogens is 250 g/mol. The van der Waals surface area contributed by atoms with Gasteiger partial charge in [0.25, 0.3) is 0 Å². The zero-order valence-corrected chi connectivity index (χ0v) is 10.5. The Kier molecular flexibility index (Phi) is 2.20. The Morgan fingerprint density at radius 1 is 0.950 bits per heavy atom. The number of nitrogen functional groups attached to an aromatic ring is 1. The molecule has 2 aromatic carbocycles. The van der Waals surface area contributed by atoms with Gasteiger partial charge in [-0.1, -0.05) is 36.4 Å². The van der Waals surface area contributed by atoms with Crippen molar-refractivity contribution in [1.29, 1.82) is 0 Å². The number of anilines is 1. The molecule has 0 saturated carbocycles. The van der Waals surface area contributed by atoms with Gasteiger partial charge >= 0.3 is 0 Å². The highest BCUT2D eigenvalue weighted by molar-refractivity contribution is 5.94. The lowest BCUT2D eigenvalue weighted by molar-refractivity contribution is 1.09. The monoisotopic (exact) mass is 261 g/mol. The van der Waals surface area contributed by atoms with Crippen molar-refractivity contribution in [2.75, 3.05) is 5.73 Å². The summed E-state index contributed by atoms with van der Waals surface area (Å²) in [5, 5.41) is 10.1. The second-order valence-corrected chi connectivity index (χ2v) is 4.62. The molecule has 96 valence electrons. The lowest BCUT2D eigenvalue weighted by Gasteiger charge is -2.05. The van der Waals surface area contributed by atoms with Crippen LogP contribution in [0, 0.1) is 0 Å². The lowest BCUT2D eigenvalue weighted by atomic mass is 10.0. The largest absolute Gasteiger partial charge is 0.368 e. The maximum atomic E-state index is 5.76. The van der Waals surface area contributed by atoms with E-state index in [4.69, 9.17) is 5.73 Å². The molecule has 0 radical (unpaired) electrons. The number of aromatic nitrogens is 4. The number of aromatic amines is 1. The molecule has 0 aliphatic heterocycles. The molecule has 0 saturated heterocycles. The quantitative estimate of drug-likeness (QED) is 0.552. The van der Waals surface area contributed by atoms with Gasteiger partial charge in [0.1, 0.15) is 0 Å². The normalized spacial score (nSPS) is 11.2. The minimum absolute atomic E-state index is 0.241. The Balaban J connectivity index is 2.02. The molecule has 2 aromatic heterocycles. The first-order valence-electron chi connectivity index (χ1n) is 6.27. The fraction of sp³-hybridized carbons (Fsp3) is 0. The number of H-pyrrole nitrogens is 1. The molecule has 0 bridgehead atoms. The highest BCUT2D eigenvalue weighted by atomic mass is 15.2. The second-order valence-electron chi connectivity index (χ2n) is 4.62. The molecule has 4 rings (SSSR count). The standard InChI is InChI=1S/C15H11N5/c16-15-18-13(12-8-17-20-14(12)19-15)11-6-5-9-3-1-2-4-10(9)7-11/h1-8H,(H3,16,17,18,19,20). The molecule has 0 aliphatic rings. The Morgan fingerprint density at radius 3 is 2.70 bits per heavy atom. The highest BCUT2D eigenvalue weighted by Gasteiger charge is 2.10. The van der Waals surface area contributed by atoms with Crippen LogP contribution in [0.1, 0.15) is 0 Å². The van der Waals surface area contributed by atoms with Crippen LogP contribution in [-0.2, 0) is 0 Å². The molecular formula is C15H11N5. The van der Waals surface area contributed by atoms with Crippen molar-refractivity contribution in [1.82, 2.24) is 20.2 Å². The van der Waals surface area contributed by atoms with Gasteiger partial charge in [0.15, 0.2) is 5.65 Å². The van der Waals surface area contributed by atoms with Gasteiger partial charge in [0.2, 0.25) is 5.95 Å². The zero-order chi connectivity index (χ0) is 13.5. The average Bonchev–Trinajstić information content (AvgIpc) is 2.94. The van der Waals surface area contributed by atoms with Crippen LogP contribution in [0.3, 0.4) is 0 Å². The van der Waals surface area contributed by atoms with Crippen LogP contribution >= 0.6 is 0 Å². The van der Waals surface area contributed by atoms with E-state index in [1.54, 1.807) is 6.20 Å². The molecule has 4 aromatic rings. The summed E-state index contributed by atoms with van der Waals surface area (Å²) in [6, 6.07) is 14.4. The van der Waals surface area contributed by atoms with Crippen molar-refractivity contribution in [2.45, 2.75) is 0 Å². The molecule has 0 fully saturated rings. The van der Waals surface area contributed by atoms with Crippen LogP contribution in [0.2, 0.25) is 0 Å². The van der Waals surface area contributed by atoms with Crippen molar-refractivity contribution >= 4 is 27.8 Å². The maximum Gasteiger partial charge on any atom is 0.222 e. The van der Waals surface area contributed by atoms with Crippen molar-refractivity contribution in [3.63, 3.8) is 0 Å². The van der Waals surface area contributed by atoms with Crippen molar-refractivity contribution in [2.24, 2.45) is 0 Å². The summed E-state index contributed by atoms with van der Waals surface area (Å²) in [5.41, 5.74) is 8.22. The zero-order valence-electron chi connectivity index (χ0n) is 10.5. The van der Waals surface area contributed by atoms with Crippen LogP contribution in [0.25, 0.3) is 33.1 Å². The number of fused-ring (bicyclic) bond motifs is 2. The molecule has 5 nitrogen and oxygen atoms in total. The van der Waals surface area contributed by atoms with E-state index in [1.807, 2.05) is 18.2 Å². The van der Waals surface area contributed by atoms with Gasteiger partial charge in [-0.2, -0.15) is 10.1 Å². The van der Waals surface area contributed by atoms with Crippen molar-refractivity contribution < 1.29 is 0 Å². The summed E-state index contributed by atoms with van der Waals surface area (Å²) in [4.78, 5) is 8.49. The van der Waals surface area contributed by atoms with Crippen LogP contribution in [0.5, 0.6) is 0 Å². The van der Waals surface area contributed by atoms with Gasteiger partial charge in [0, 0.05) is 5.56 Å². The number of rotatable bonds is 1. The predicted octanol–water partition coefficient (Wildman–Crippen LogP) is 2.76. The van der Waals surface area contributed by atoms with E-state index >= 15 is 0 Å². The number of nitrogens with one attached hydrogen (secondary N) is 1. The van der Waals surface area contributed by atoms with Gasteiger partial charge in [-0.3, -0.25) is 5.10 Å². The van der Waals surface area contributed by atoms with Gasteiger partial charge in [0.05, 0.1) is 17.3 Å². The van der Waals surface area contributed by atoms with E-state index in [-0.39, 0.29) is 5.95 Å². The van der Waals surface area contributed by atoms with E-state index in [1.165, 1.54) is 10.8 Å². The second kappa shape index (κ2) is 4.03. The SMILES string of the molecule is Nc1nc(-c2ccc3ccccc3c2)c2cn[nH]c2n1. The van der Waals surface area contributed by atoms with Crippen LogP contribution in [-0.4, -0.2) is 20.2 Å². The molecule has 0 unspecified atom stereocenters. The first-order chi connectivity index (χ1) is 9.81. The summed E-state index contributed by atoms with van der Waals surface area (Å²) in [7, 11) is 0. The summed E-state index contributed by atoms with van der Waals surface area (Å²) < 4.78 is 0. The van der Waals surface area contributed by atoms with Gasteiger partial charge in [-0.25, -0.2) is 4.98 Å². The van der Waals surface area contributed by atoms with E-state index < -0.39 is 0 Å². The fourth-order valence-corrected chi connectivity index (χ4v) is 2.41. The van der Waals surface area contributed by atoms with Crippen molar-refractivity contribution in [3.05, 3.63) is 48.7 Å². The maximum absolute atomic E-state index is 5.76. The number of nitrogens with two attached hydrogens (primary N) is 1. The van der Waals surface area contributed by atoms with Gasteiger partial charge in [-0.05, 0) is 16.8 Å². The van der Waals surface area contributed by atoms with E-state index in [0.29, 0.717) is 5.65 Å². The molecule has 5 heteroatoms. The number of hydrogen-bond donors (Lipinski definition) is 2. The van der Waals surface area contributed by atoms with E-state index in [0.717, 1.165) is 16.6 Å². The Bertz CT molecular complexity index is 926. The molecule has 20 heavy (non-hydrogen) atoms. The van der Waals surface area contributed by atoms with Crippen molar-refractivity contribution in [3.8, 4) is 11.3 Å². The van der Waals surface area contributed by atoms with E-state index in [2.05, 4.69) is 44.4 Å². The Morgan fingerprint density at radius 2 is 1.80 bits per heavy atom. The van der Waals surface area contributed by atoms with Gasteiger partial charge < -0.3 is 5.73 Å². The predicted molar refractivity (Wildman–Crippen MR) is 79.0 cm³/mol. The molecule has 0 spiro atoms. The smallest absolute Gasteiger partial charge is 0.222 e. The topological polar surface area (TPSA) is 80.5 Å². The van der Waals surface area contributed by atoms with Gasteiger partial charge in [-0.15, -0.1) is 0 Å². The van der Waals surface area contributed by atoms with Crippen LogP contribution in [0.4, 0.5) is 5.95 Å². The molecule has 3 N–H and O–H groups in total. The average molecular weight is 261 g/mol. The molecule has 0 atom stereocenters. The number of hydrogen-bond acceptors (Lipinski definition) is 4. The Labute approximate surface area is 114 Å². The third-order valence-corrected chi connectivity index (χ3v) is 3.35. The Hall–Kier alpha value is -2.95. The highest BCUT2D eigenvalue weighted by Crippen LogP contribution is 2.28.